The van der Waals surface area contributed by atoms with Gasteiger partial charge in [-0.25, -0.2) is 0 Å². The van der Waals surface area contributed by atoms with E-state index in [4.69, 9.17) is 5.73 Å². The van der Waals surface area contributed by atoms with Gasteiger partial charge in [0.05, 0.1) is 0 Å². The monoisotopic (exact) mass is 224 g/mol. The third-order valence-electron chi connectivity index (χ3n) is 4.45. The lowest BCUT2D eigenvalue weighted by Gasteiger charge is -2.34. The highest BCUT2D eigenvalue weighted by Crippen LogP contribution is 2.29. The molecule has 2 rings (SSSR count). The summed E-state index contributed by atoms with van der Waals surface area (Å²) in [5.74, 6) is 0. The van der Waals surface area contributed by atoms with Crippen LogP contribution in [-0.2, 0) is 0 Å². The van der Waals surface area contributed by atoms with Crippen molar-refractivity contribution in [2.45, 2.75) is 69.7 Å². The summed E-state index contributed by atoms with van der Waals surface area (Å²) in [7, 11) is 0. The van der Waals surface area contributed by atoms with Crippen molar-refractivity contribution in [3.05, 3.63) is 0 Å². The molecular weight excluding hydrogens is 196 g/mol. The molecule has 2 nitrogen and oxygen atoms in total. The molecule has 0 spiro atoms. The molecule has 2 aliphatic rings. The number of likely N-dealkylation sites (tertiary alicyclic amines) is 1. The van der Waals surface area contributed by atoms with Crippen LogP contribution >= 0.6 is 0 Å². The minimum Gasteiger partial charge on any atom is -0.325 e. The summed E-state index contributed by atoms with van der Waals surface area (Å²) in [5, 5.41) is 0. The van der Waals surface area contributed by atoms with E-state index in [-0.39, 0.29) is 5.54 Å². The van der Waals surface area contributed by atoms with Gasteiger partial charge in [0.1, 0.15) is 0 Å². The Morgan fingerprint density at radius 1 is 0.875 bits per heavy atom. The molecule has 0 unspecified atom stereocenters. The Labute approximate surface area is 101 Å². The van der Waals surface area contributed by atoms with Crippen molar-refractivity contribution in [3.63, 3.8) is 0 Å². The molecule has 0 atom stereocenters. The van der Waals surface area contributed by atoms with E-state index in [0.717, 1.165) is 0 Å². The summed E-state index contributed by atoms with van der Waals surface area (Å²) in [4.78, 5) is 2.63. The maximum atomic E-state index is 6.46. The van der Waals surface area contributed by atoms with E-state index in [1.807, 2.05) is 0 Å². The van der Waals surface area contributed by atoms with Crippen molar-refractivity contribution in [3.8, 4) is 0 Å². The molecule has 0 aromatic rings. The molecule has 2 heteroatoms. The van der Waals surface area contributed by atoms with Crippen molar-refractivity contribution < 1.29 is 0 Å². The van der Waals surface area contributed by atoms with Crippen molar-refractivity contribution in [2.24, 2.45) is 5.73 Å². The predicted molar refractivity (Wildman–Crippen MR) is 69.5 cm³/mol. The number of hydrogen-bond acceptors (Lipinski definition) is 2. The topological polar surface area (TPSA) is 29.3 Å². The zero-order valence-electron chi connectivity index (χ0n) is 10.7. The lowest BCUT2D eigenvalue weighted by molar-refractivity contribution is 0.204. The first kappa shape index (κ1) is 12.4. The van der Waals surface area contributed by atoms with Gasteiger partial charge in [-0.2, -0.15) is 0 Å². The van der Waals surface area contributed by atoms with E-state index < -0.39 is 0 Å². The smallest absolute Gasteiger partial charge is 0.0154 e. The average molecular weight is 224 g/mol. The quantitative estimate of drug-likeness (QED) is 0.795. The van der Waals surface area contributed by atoms with Gasteiger partial charge in [0, 0.05) is 5.54 Å². The third-order valence-corrected chi connectivity index (χ3v) is 4.45. The molecule has 0 radical (unpaired) electrons. The highest BCUT2D eigenvalue weighted by Gasteiger charge is 2.26. The highest BCUT2D eigenvalue weighted by molar-refractivity contribution is 4.87. The Balaban J connectivity index is 1.62. The van der Waals surface area contributed by atoms with Crippen molar-refractivity contribution >= 4 is 0 Å². The zero-order chi connectivity index (χ0) is 11.3. The highest BCUT2D eigenvalue weighted by atomic mass is 15.1. The van der Waals surface area contributed by atoms with Crippen LogP contribution in [0.15, 0.2) is 0 Å². The van der Waals surface area contributed by atoms with E-state index in [0.29, 0.717) is 0 Å². The Morgan fingerprint density at radius 3 is 2.19 bits per heavy atom. The fourth-order valence-corrected chi connectivity index (χ4v) is 3.34. The third kappa shape index (κ3) is 3.74. The molecule has 1 aliphatic carbocycles. The number of rotatable bonds is 4. The second kappa shape index (κ2) is 6.02. The van der Waals surface area contributed by atoms with Gasteiger partial charge < -0.3 is 10.6 Å². The fourth-order valence-electron chi connectivity index (χ4n) is 3.34. The molecule has 16 heavy (non-hydrogen) atoms. The first-order valence-electron chi connectivity index (χ1n) is 7.30. The van der Waals surface area contributed by atoms with Crippen LogP contribution in [0.3, 0.4) is 0 Å². The van der Waals surface area contributed by atoms with Crippen LogP contribution in [-0.4, -0.2) is 30.1 Å². The maximum absolute atomic E-state index is 6.46. The average Bonchev–Trinajstić information content (AvgIpc) is 2.31. The summed E-state index contributed by atoms with van der Waals surface area (Å²) >= 11 is 0. The Bertz CT molecular complexity index is 191. The van der Waals surface area contributed by atoms with Gasteiger partial charge in [-0.1, -0.05) is 25.7 Å². The molecule has 1 heterocycles. The molecule has 1 saturated heterocycles. The number of nitrogens with zero attached hydrogens (tertiary/aromatic N) is 1. The molecular formula is C14H28N2. The fraction of sp³-hybridized carbons (Fsp3) is 1.00. The summed E-state index contributed by atoms with van der Waals surface area (Å²) in [6.07, 6.45) is 13.5. The molecule has 94 valence electrons. The molecule has 0 aromatic carbocycles. The van der Waals surface area contributed by atoms with E-state index >= 15 is 0 Å². The number of nitrogens with two attached hydrogens (primary N) is 1. The maximum Gasteiger partial charge on any atom is 0.0154 e. The van der Waals surface area contributed by atoms with Crippen molar-refractivity contribution in [1.29, 1.82) is 0 Å². The lowest BCUT2D eigenvalue weighted by atomic mass is 9.79. The molecule has 1 saturated carbocycles. The van der Waals surface area contributed by atoms with Gasteiger partial charge in [0.25, 0.3) is 0 Å². The Kier molecular flexibility index (Phi) is 4.66. The molecule has 0 amide bonds. The van der Waals surface area contributed by atoms with Crippen LogP contribution in [0, 0.1) is 0 Å². The summed E-state index contributed by atoms with van der Waals surface area (Å²) in [6, 6.07) is 0. The van der Waals surface area contributed by atoms with E-state index in [2.05, 4.69) is 4.90 Å². The minimum absolute atomic E-state index is 0.202. The second-order valence-corrected chi connectivity index (χ2v) is 5.93. The normalized spacial score (nSPS) is 26.8. The van der Waals surface area contributed by atoms with Gasteiger partial charge in [-0.05, 0) is 58.2 Å². The molecule has 2 fully saturated rings. The van der Waals surface area contributed by atoms with Crippen LogP contribution in [0.25, 0.3) is 0 Å². The number of hydrogen-bond donors (Lipinski definition) is 1. The standard InChI is InChI=1S/C14H28N2/c15-14(8-3-1-4-9-14)10-7-13-16-11-5-2-6-12-16/h1-13,15H2. The summed E-state index contributed by atoms with van der Waals surface area (Å²) < 4.78 is 0. The molecule has 0 bridgehead atoms. The van der Waals surface area contributed by atoms with Crippen LogP contribution in [0.1, 0.15) is 64.2 Å². The first-order chi connectivity index (χ1) is 7.79. The summed E-state index contributed by atoms with van der Waals surface area (Å²) in [5.41, 5.74) is 6.66. The van der Waals surface area contributed by atoms with E-state index in [9.17, 15) is 0 Å². The van der Waals surface area contributed by atoms with Crippen LogP contribution in [0.5, 0.6) is 0 Å². The van der Waals surface area contributed by atoms with Crippen LogP contribution in [0.2, 0.25) is 0 Å². The molecule has 0 aromatic heterocycles. The van der Waals surface area contributed by atoms with Gasteiger partial charge in [0.2, 0.25) is 0 Å². The van der Waals surface area contributed by atoms with Crippen LogP contribution < -0.4 is 5.73 Å². The summed E-state index contributed by atoms with van der Waals surface area (Å²) in [6.45, 7) is 3.95. The number of piperidine rings is 1. The largest absolute Gasteiger partial charge is 0.325 e. The van der Waals surface area contributed by atoms with Gasteiger partial charge in [-0.15, -0.1) is 0 Å². The van der Waals surface area contributed by atoms with Gasteiger partial charge >= 0.3 is 0 Å². The van der Waals surface area contributed by atoms with Gasteiger partial charge in [-0.3, -0.25) is 0 Å². The second-order valence-electron chi connectivity index (χ2n) is 5.93. The van der Waals surface area contributed by atoms with E-state index in [1.54, 1.807) is 0 Å². The first-order valence-corrected chi connectivity index (χ1v) is 7.30. The predicted octanol–water partition coefficient (Wildman–Crippen LogP) is 2.91. The molecule has 2 N–H and O–H groups in total. The van der Waals surface area contributed by atoms with Crippen LogP contribution in [0.4, 0.5) is 0 Å². The Morgan fingerprint density at radius 2 is 1.50 bits per heavy atom. The zero-order valence-corrected chi connectivity index (χ0v) is 10.7. The molecule has 1 aliphatic heterocycles. The van der Waals surface area contributed by atoms with Gasteiger partial charge in [0.15, 0.2) is 0 Å². The minimum atomic E-state index is 0.202. The SMILES string of the molecule is NC1(CCCN2CCCCC2)CCCCC1. The van der Waals surface area contributed by atoms with E-state index in [1.165, 1.54) is 83.8 Å². The van der Waals surface area contributed by atoms with Crippen molar-refractivity contribution in [1.82, 2.24) is 4.90 Å². The Hall–Kier alpha value is -0.0800. The lowest BCUT2D eigenvalue weighted by Crippen LogP contribution is -2.42. The van der Waals surface area contributed by atoms with Crippen molar-refractivity contribution in [2.75, 3.05) is 19.6 Å².